The first-order valence-electron chi connectivity index (χ1n) is 4.39. The van der Waals surface area contributed by atoms with E-state index < -0.39 is 0 Å². The molecule has 0 bridgehead atoms. The fraction of sp³-hybridized carbons (Fsp3) is 0.700. The van der Waals surface area contributed by atoms with Crippen molar-refractivity contribution >= 4 is 5.97 Å². The quantitative estimate of drug-likeness (QED) is 0.360. The van der Waals surface area contributed by atoms with Crippen molar-refractivity contribution in [2.24, 2.45) is 0 Å². The topological polar surface area (TPSA) is 26.3 Å². The van der Waals surface area contributed by atoms with Crippen LogP contribution in [0.3, 0.4) is 0 Å². The van der Waals surface area contributed by atoms with Crippen molar-refractivity contribution in [2.75, 3.05) is 6.61 Å². The van der Waals surface area contributed by atoms with Gasteiger partial charge in [-0.25, -0.2) is 0 Å². The second-order valence-corrected chi connectivity index (χ2v) is 3.12. The zero-order valence-electron chi connectivity index (χ0n) is 8.22. The Bertz CT molecular complexity index is 155. The van der Waals surface area contributed by atoms with E-state index in [1.807, 2.05) is 0 Å². The Morgan fingerprint density at radius 1 is 1.25 bits per heavy atom. The summed E-state index contributed by atoms with van der Waals surface area (Å²) in [6, 6.07) is 0. The Hall–Kier alpha value is -0.790. The highest BCUT2D eigenvalue weighted by molar-refractivity contribution is 5.65. The summed E-state index contributed by atoms with van der Waals surface area (Å²) in [6.07, 6.45) is 5.35. The van der Waals surface area contributed by atoms with Gasteiger partial charge < -0.3 is 4.74 Å². The van der Waals surface area contributed by atoms with E-state index in [9.17, 15) is 4.79 Å². The fourth-order valence-electron chi connectivity index (χ4n) is 0.853. The number of allylic oxidation sites excluding steroid dienone is 2. The molecule has 0 heterocycles. The van der Waals surface area contributed by atoms with Crippen LogP contribution < -0.4 is 0 Å². The molecule has 0 aromatic carbocycles. The first kappa shape index (κ1) is 11.2. The maximum Gasteiger partial charge on any atom is 0.302 e. The van der Waals surface area contributed by atoms with Crippen molar-refractivity contribution in [1.82, 2.24) is 0 Å². The van der Waals surface area contributed by atoms with Crippen molar-refractivity contribution in [1.29, 1.82) is 0 Å². The molecule has 12 heavy (non-hydrogen) atoms. The Kier molecular flexibility index (Phi) is 6.44. The molecular formula is C10H18O2. The molecule has 0 saturated carbocycles. The highest BCUT2D eigenvalue weighted by atomic mass is 16.5. The van der Waals surface area contributed by atoms with E-state index in [1.54, 1.807) is 0 Å². The lowest BCUT2D eigenvalue weighted by Gasteiger charge is -1.99. The second-order valence-electron chi connectivity index (χ2n) is 3.12. The maximum absolute atomic E-state index is 10.4. The van der Waals surface area contributed by atoms with Crippen LogP contribution >= 0.6 is 0 Å². The molecule has 70 valence electrons. The number of carbonyl (C=O) groups excluding carboxylic acids is 1. The summed E-state index contributed by atoms with van der Waals surface area (Å²) < 4.78 is 4.79. The molecule has 0 N–H and O–H groups in total. The standard InChI is InChI=1S/C10H18O2/c1-9(2)7-5-4-6-8-12-10(3)11/h7H,4-6,8H2,1-3H3. The minimum atomic E-state index is -0.183. The minimum Gasteiger partial charge on any atom is -0.466 e. The van der Waals surface area contributed by atoms with E-state index in [2.05, 4.69) is 19.9 Å². The first-order valence-corrected chi connectivity index (χ1v) is 4.39. The van der Waals surface area contributed by atoms with Gasteiger partial charge in [-0.1, -0.05) is 11.6 Å². The van der Waals surface area contributed by atoms with Crippen LogP contribution in [0.2, 0.25) is 0 Å². The SMILES string of the molecule is CC(=O)OCCCCC=C(C)C. The van der Waals surface area contributed by atoms with Crippen LogP contribution in [0.5, 0.6) is 0 Å². The molecule has 0 amide bonds. The van der Waals surface area contributed by atoms with Crippen molar-refractivity contribution < 1.29 is 9.53 Å². The average molecular weight is 170 g/mol. The molecule has 0 aromatic rings. The molecule has 0 aliphatic heterocycles. The molecule has 0 aliphatic rings. The predicted molar refractivity (Wildman–Crippen MR) is 49.9 cm³/mol. The van der Waals surface area contributed by atoms with E-state index in [-0.39, 0.29) is 5.97 Å². The van der Waals surface area contributed by atoms with E-state index in [1.165, 1.54) is 12.5 Å². The maximum atomic E-state index is 10.4. The minimum absolute atomic E-state index is 0.183. The van der Waals surface area contributed by atoms with Crippen LogP contribution in [-0.2, 0) is 9.53 Å². The third-order valence-electron chi connectivity index (χ3n) is 1.46. The number of unbranched alkanes of at least 4 members (excludes halogenated alkanes) is 2. The number of carbonyl (C=O) groups is 1. The lowest BCUT2D eigenvalue weighted by molar-refractivity contribution is -0.141. The third kappa shape index (κ3) is 9.21. The molecular weight excluding hydrogens is 152 g/mol. The lowest BCUT2D eigenvalue weighted by Crippen LogP contribution is -1.99. The van der Waals surface area contributed by atoms with Gasteiger partial charge in [-0.15, -0.1) is 0 Å². The third-order valence-corrected chi connectivity index (χ3v) is 1.46. The van der Waals surface area contributed by atoms with Crippen molar-refractivity contribution in [2.45, 2.75) is 40.0 Å². The van der Waals surface area contributed by atoms with E-state index >= 15 is 0 Å². The van der Waals surface area contributed by atoms with Crippen LogP contribution in [0.4, 0.5) is 0 Å². The molecule has 0 aromatic heterocycles. The summed E-state index contributed by atoms with van der Waals surface area (Å²) in [5.41, 5.74) is 1.35. The molecule has 2 heteroatoms. The Morgan fingerprint density at radius 3 is 2.42 bits per heavy atom. The summed E-state index contributed by atoms with van der Waals surface area (Å²) >= 11 is 0. The van der Waals surface area contributed by atoms with Crippen LogP contribution in [0, 0.1) is 0 Å². The summed E-state index contributed by atoms with van der Waals surface area (Å²) in [5.74, 6) is -0.183. The molecule has 0 aliphatic carbocycles. The number of esters is 1. The van der Waals surface area contributed by atoms with Gasteiger partial charge in [0.1, 0.15) is 0 Å². The Labute approximate surface area is 74.6 Å². The van der Waals surface area contributed by atoms with Crippen LogP contribution in [0.15, 0.2) is 11.6 Å². The molecule has 0 radical (unpaired) electrons. The summed E-state index contributed by atoms with van der Waals surface area (Å²) in [6.45, 7) is 6.18. The normalized spacial score (nSPS) is 9.25. The van der Waals surface area contributed by atoms with Gasteiger partial charge in [-0.3, -0.25) is 4.79 Å². The van der Waals surface area contributed by atoms with Crippen molar-refractivity contribution in [3.05, 3.63) is 11.6 Å². The van der Waals surface area contributed by atoms with E-state index in [0.717, 1.165) is 19.3 Å². The first-order chi connectivity index (χ1) is 5.63. The second kappa shape index (κ2) is 6.89. The Balaban J connectivity index is 3.11. The average Bonchev–Trinajstić information content (AvgIpc) is 1.95. The summed E-state index contributed by atoms with van der Waals surface area (Å²) in [4.78, 5) is 10.4. The van der Waals surface area contributed by atoms with Crippen molar-refractivity contribution in [3.63, 3.8) is 0 Å². The Morgan fingerprint density at radius 2 is 1.92 bits per heavy atom. The van der Waals surface area contributed by atoms with Crippen LogP contribution in [-0.4, -0.2) is 12.6 Å². The number of hydrogen-bond acceptors (Lipinski definition) is 2. The monoisotopic (exact) mass is 170 g/mol. The molecule has 0 spiro atoms. The molecule has 2 nitrogen and oxygen atoms in total. The van der Waals surface area contributed by atoms with Gasteiger partial charge in [0.25, 0.3) is 0 Å². The highest BCUT2D eigenvalue weighted by Crippen LogP contribution is 2.00. The molecule has 0 fully saturated rings. The zero-order chi connectivity index (χ0) is 9.40. The van der Waals surface area contributed by atoms with Crippen molar-refractivity contribution in [3.8, 4) is 0 Å². The van der Waals surface area contributed by atoms with Crippen LogP contribution in [0.25, 0.3) is 0 Å². The van der Waals surface area contributed by atoms with Gasteiger partial charge in [0.15, 0.2) is 0 Å². The van der Waals surface area contributed by atoms with Gasteiger partial charge in [0.2, 0.25) is 0 Å². The number of ether oxygens (including phenoxy) is 1. The molecule has 0 atom stereocenters. The van der Waals surface area contributed by atoms with Gasteiger partial charge in [-0.2, -0.15) is 0 Å². The van der Waals surface area contributed by atoms with E-state index in [4.69, 9.17) is 4.74 Å². The van der Waals surface area contributed by atoms with Crippen LogP contribution in [0.1, 0.15) is 40.0 Å². The van der Waals surface area contributed by atoms with Gasteiger partial charge in [0.05, 0.1) is 6.61 Å². The zero-order valence-corrected chi connectivity index (χ0v) is 8.22. The van der Waals surface area contributed by atoms with Gasteiger partial charge >= 0.3 is 5.97 Å². The fourth-order valence-corrected chi connectivity index (χ4v) is 0.853. The molecule has 0 rings (SSSR count). The van der Waals surface area contributed by atoms with E-state index in [0.29, 0.717) is 6.61 Å². The number of rotatable bonds is 5. The summed E-state index contributed by atoms with van der Waals surface area (Å²) in [5, 5.41) is 0. The highest BCUT2D eigenvalue weighted by Gasteiger charge is 1.91. The summed E-state index contributed by atoms with van der Waals surface area (Å²) in [7, 11) is 0. The predicted octanol–water partition coefficient (Wildman–Crippen LogP) is 2.69. The molecule has 0 unspecified atom stereocenters. The van der Waals surface area contributed by atoms with Gasteiger partial charge in [0, 0.05) is 6.92 Å². The van der Waals surface area contributed by atoms with Gasteiger partial charge in [-0.05, 0) is 33.1 Å². The number of hydrogen-bond donors (Lipinski definition) is 0. The molecule has 0 saturated heterocycles. The lowest BCUT2D eigenvalue weighted by atomic mass is 10.2. The smallest absolute Gasteiger partial charge is 0.302 e. The largest absolute Gasteiger partial charge is 0.466 e.